The molecule has 0 radical (unpaired) electrons. The van der Waals surface area contributed by atoms with Crippen LogP contribution in [-0.2, 0) is 28.3 Å². The minimum Gasteiger partial charge on any atom is -0.494 e. The molecule has 0 unspecified atom stereocenters. The van der Waals surface area contributed by atoms with Gasteiger partial charge in [-0.15, -0.1) is 0 Å². The maximum Gasteiger partial charge on any atom is 0.343 e. The van der Waals surface area contributed by atoms with Crippen LogP contribution >= 0.6 is 0 Å². The quantitative estimate of drug-likeness (QED) is 0.339. The third-order valence-electron chi connectivity index (χ3n) is 7.77. The molecule has 0 saturated carbocycles. The predicted molar refractivity (Wildman–Crippen MR) is 142 cm³/mol. The van der Waals surface area contributed by atoms with Crippen LogP contribution in [0.25, 0.3) is 33.4 Å². The molecule has 7 rings (SSSR count). The average molecular weight is 527 g/mol. The fourth-order valence-corrected chi connectivity index (χ4v) is 5.71. The van der Waals surface area contributed by atoms with Gasteiger partial charge in [0.05, 0.1) is 35.6 Å². The van der Waals surface area contributed by atoms with Gasteiger partial charge in [-0.05, 0) is 42.7 Å². The fraction of sp³-hybridized carbons (Fsp3) is 0.300. The van der Waals surface area contributed by atoms with E-state index in [0.29, 0.717) is 52.7 Å². The number of esters is 1. The van der Waals surface area contributed by atoms with Crippen molar-refractivity contribution >= 4 is 16.9 Å². The Bertz CT molecular complexity index is 1740. The summed E-state index contributed by atoms with van der Waals surface area (Å²) in [6, 6.07) is 13.5. The fourth-order valence-electron chi connectivity index (χ4n) is 5.71. The SMILES string of the molecule is CCCOc1ccc(-c2c3c(cc4nc5c(cc24)Cn2c-5cc4c(c2=O)COC(=O)[C@]4(O)CC)OCO3)cc1. The zero-order valence-electron chi connectivity index (χ0n) is 21.6. The number of ether oxygens (including phenoxy) is 4. The lowest BCUT2D eigenvalue weighted by Gasteiger charge is -2.31. The molecule has 0 fully saturated rings. The van der Waals surface area contributed by atoms with E-state index in [1.165, 1.54) is 0 Å². The molecule has 4 aromatic rings. The summed E-state index contributed by atoms with van der Waals surface area (Å²) < 4.78 is 24.2. The van der Waals surface area contributed by atoms with Crippen LogP contribution in [0, 0.1) is 0 Å². The highest BCUT2D eigenvalue weighted by molar-refractivity contribution is 6.02. The van der Waals surface area contributed by atoms with Crippen molar-refractivity contribution in [1.29, 1.82) is 0 Å². The van der Waals surface area contributed by atoms with Crippen LogP contribution in [-0.4, -0.2) is 34.0 Å². The molecular formula is C30H26N2O7. The van der Waals surface area contributed by atoms with Crippen molar-refractivity contribution in [3.8, 4) is 39.8 Å². The Kier molecular flexibility index (Phi) is 5.21. The van der Waals surface area contributed by atoms with E-state index in [-0.39, 0.29) is 25.4 Å². The number of carbonyl (C=O) groups is 1. The summed E-state index contributed by atoms with van der Waals surface area (Å²) in [5.41, 5.74) is 2.96. The Morgan fingerprint density at radius 1 is 1.08 bits per heavy atom. The topological polar surface area (TPSA) is 109 Å². The van der Waals surface area contributed by atoms with Gasteiger partial charge < -0.3 is 28.6 Å². The van der Waals surface area contributed by atoms with Crippen LogP contribution in [0.1, 0.15) is 43.4 Å². The van der Waals surface area contributed by atoms with Crippen LogP contribution in [0.4, 0.5) is 0 Å². The smallest absolute Gasteiger partial charge is 0.343 e. The number of hydrogen-bond acceptors (Lipinski definition) is 8. The number of hydrogen-bond donors (Lipinski definition) is 1. The van der Waals surface area contributed by atoms with E-state index in [0.717, 1.165) is 34.2 Å². The summed E-state index contributed by atoms with van der Waals surface area (Å²) in [6.07, 6.45) is 1.02. The van der Waals surface area contributed by atoms with E-state index in [4.69, 9.17) is 23.9 Å². The van der Waals surface area contributed by atoms with Crippen LogP contribution in [0.3, 0.4) is 0 Å². The van der Waals surface area contributed by atoms with E-state index in [1.54, 1.807) is 17.6 Å². The number of aliphatic hydroxyl groups is 1. The maximum absolute atomic E-state index is 13.5. The van der Waals surface area contributed by atoms with Crippen LogP contribution in [0.2, 0.25) is 0 Å². The predicted octanol–water partition coefficient (Wildman–Crippen LogP) is 4.26. The second-order valence-electron chi connectivity index (χ2n) is 10.0. The third kappa shape index (κ3) is 3.39. The van der Waals surface area contributed by atoms with E-state index in [2.05, 4.69) is 6.92 Å². The number of aromatic nitrogens is 2. The lowest BCUT2D eigenvalue weighted by atomic mass is 9.86. The van der Waals surface area contributed by atoms with Gasteiger partial charge in [-0.1, -0.05) is 26.0 Å². The number of fused-ring (bicyclic) bond motifs is 6. The van der Waals surface area contributed by atoms with Crippen LogP contribution in [0.5, 0.6) is 17.2 Å². The second kappa shape index (κ2) is 8.57. The molecule has 0 saturated heterocycles. The molecule has 0 aliphatic carbocycles. The molecule has 9 nitrogen and oxygen atoms in total. The normalized spacial score (nSPS) is 18.5. The molecule has 0 amide bonds. The molecule has 0 spiro atoms. The first-order chi connectivity index (χ1) is 18.9. The number of benzene rings is 2. The Morgan fingerprint density at radius 2 is 1.90 bits per heavy atom. The van der Waals surface area contributed by atoms with Crippen LogP contribution < -0.4 is 19.8 Å². The molecule has 198 valence electrons. The number of nitrogens with zero attached hydrogens (tertiary/aromatic N) is 2. The molecule has 3 aliphatic rings. The van der Waals surface area contributed by atoms with E-state index in [9.17, 15) is 14.7 Å². The molecule has 2 aromatic heterocycles. The van der Waals surface area contributed by atoms with Gasteiger partial charge in [-0.2, -0.15) is 0 Å². The van der Waals surface area contributed by atoms with Crippen molar-refractivity contribution in [3.63, 3.8) is 0 Å². The van der Waals surface area contributed by atoms with Gasteiger partial charge in [0.1, 0.15) is 12.4 Å². The number of carbonyl (C=O) groups excluding carboxylic acids is 1. The van der Waals surface area contributed by atoms with Gasteiger partial charge in [-0.25, -0.2) is 9.78 Å². The first-order valence-corrected chi connectivity index (χ1v) is 13.1. The number of rotatable bonds is 5. The Morgan fingerprint density at radius 3 is 2.67 bits per heavy atom. The van der Waals surface area contributed by atoms with Crippen LogP contribution in [0.15, 0.2) is 47.3 Å². The Labute approximate surface area is 223 Å². The third-order valence-corrected chi connectivity index (χ3v) is 7.77. The molecule has 2 aromatic carbocycles. The summed E-state index contributed by atoms with van der Waals surface area (Å²) >= 11 is 0. The van der Waals surface area contributed by atoms with Crippen molar-refractivity contribution in [3.05, 3.63) is 69.5 Å². The van der Waals surface area contributed by atoms with Gasteiger partial charge in [0, 0.05) is 28.1 Å². The zero-order chi connectivity index (χ0) is 26.9. The number of cyclic esters (lactones) is 1. The van der Waals surface area contributed by atoms with Crippen molar-refractivity contribution in [2.75, 3.05) is 13.4 Å². The summed E-state index contributed by atoms with van der Waals surface area (Å²) in [7, 11) is 0. The highest BCUT2D eigenvalue weighted by Crippen LogP contribution is 2.48. The lowest BCUT2D eigenvalue weighted by Crippen LogP contribution is -2.44. The standard InChI is InChI=1S/C30H26N2O7/c1-3-9-36-18-7-5-16(6-8-18)25-19-10-17-13-32-23(26(17)31-22(19)12-24-27(25)39-15-38-24)11-21-20(28(32)33)14-37-29(34)30(21,35)4-2/h5-8,10-12,35H,3-4,9,13-15H2,1-2H3/t30-/m0/s1. The van der Waals surface area contributed by atoms with Gasteiger partial charge in [0.2, 0.25) is 6.79 Å². The van der Waals surface area contributed by atoms with Gasteiger partial charge in [0.15, 0.2) is 17.1 Å². The van der Waals surface area contributed by atoms with E-state index in [1.807, 2.05) is 36.4 Å². The van der Waals surface area contributed by atoms with Gasteiger partial charge in [-0.3, -0.25) is 4.79 Å². The highest BCUT2D eigenvalue weighted by Gasteiger charge is 2.45. The molecule has 39 heavy (non-hydrogen) atoms. The zero-order valence-corrected chi connectivity index (χ0v) is 21.6. The highest BCUT2D eigenvalue weighted by atomic mass is 16.7. The van der Waals surface area contributed by atoms with Crippen molar-refractivity contribution in [2.24, 2.45) is 0 Å². The summed E-state index contributed by atoms with van der Waals surface area (Å²) in [5, 5.41) is 12.0. The minimum atomic E-state index is -1.87. The largest absolute Gasteiger partial charge is 0.494 e. The van der Waals surface area contributed by atoms with Crippen molar-refractivity contribution in [1.82, 2.24) is 9.55 Å². The Hall–Kier alpha value is -4.37. The van der Waals surface area contributed by atoms with Crippen molar-refractivity contribution < 1.29 is 28.8 Å². The summed E-state index contributed by atoms with van der Waals surface area (Å²) in [5.74, 6) is 1.30. The van der Waals surface area contributed by atoms with E-state index < -0.39 is 11.6 Å². The number of pyridine rings is 2. The Balaban J connectivity index is 1.41. The average Bonchev–Trinajstić information content (AvgIpc) is 3.56. The first kappa shape index (κ1) is 23.7. The minimum absolute atomic E-state index is 0.0921. The lowest BCUT2D eigenvalue weighted by molar-refractivity contribution is -0.172. The molecule has 1 N–H and O–H groups in total. The molecule has 9 heteroatoms. The van der Waals surface area contributed by atoms with Crippen molar-refractivity contribution in [2.45, 2.75) is 45.4 Å². The molecular weight excluding hydrogens is 500 g/mol. The van der Waals surface area contributed by atoms with E-state index >= 15 is 0 Å². The molecule has 5 heterocycles. The monoisotopic (exact) mass is 526 g/mol. The van der Waals surface area contributed by atoms with Gasteiger partial charge >= 0.3 is 5.97 Å². The first-order valence-electron chi connectivity index (χ1n) is 13.1. The second-order valence-corrected chi connectivity index (χ2v) is 10.0. The summed E-state index contributed by atoms with van der Waals surface area (Å²) in [4.78, 5) is 31.0. The maximum atomic E-state index is 13.5. The van der Waals surface area contributed by atoms with Gasteiger partial charge in [0.25, 0.3) is 5.56 Å². The molecule has 0 bridgehead atoms. The summed E-state index contributed by atoms with van der Waals surface area (Å²) in [6.45, 7) is 4.67. The molecule has 1 atom stereocenters. The molecule has 3 aliphatic heterocycles.